The van der Waals surface area contributed by atoms with Gasteiger partial charge in [0, 0.05) is 13.1 Å². The molecule has 1 amide bonds. The summed E-state index contributed by atoms with van der Waals surface area (Å²) in [7, 11) is 0. The second-order valence-corrected chi connectivity index (χ2v) is 6.34. The van der Waals surface area contributed by atoms with Crippen molar-refractivity contribution in [2.75, 3.05) is 6.54 Å². The molecule has 140 valence electrons. The lowest BCUT2D eigenvalue weighted by molar-refractivity contribution is 0.0632. The summed E-state index contributed by atoms with van der Waals surface area (Å²) in [4.78, 5) is 14.1. The van der Waals surface area contributed by atoms with Crippen LogP contribution in [-0.4, -0.2) is 32.1 Å². The van der Waals surface area contributed by atoms with E-state index in [4.69, 9.17) is 4.42 Å². The lowest BCUT2D eigenvalue weighted by Gasteiger charge is -2.33. The number of hydrogen-bond donors (Lipinski definition) is 0. The number of nitrogens with zero attached hydrogens (tertiary/aromatic N) is 4. The van der Waals surface area contributed by atoms with Gasteiger partial charge in [-0.15, -0.1) is 10.2 Å². The van der Waals surface area contributed by atoms with Gasteiger partial charge in [0.2, 0.25) is 0 Å². The van der Waals surface area contributed by atoms with Crippen LogP contribution in [0.15, 0.2) is 28.7 Å². The molecule has 3 aromatic rings. The molecule has 2 aromatic heterocycles. The molecule has 4 rings (SSSR count). The van der Waals surface area contributed by atoms with Gasteiger partial charge >= 0.3 is 0 Å². The first-order valence-electron chi connectivity index (χ1n) is 8.33. The third-order valence-electron chi connectivity index (χ3n) is 4.67. The zero-order valence-electron chi connectivity index (χ0n) is 14.5. The molecule has 27 heavy (non-hydrogen) atoms. The Morgan fingerprint density at radius 2 is 1.89 bits per heavy atom. The van der Waals surface area contributed by atoms with Crippen molar-refractivity contribution >= 4 is 5.91 Å². The summed E-state index contributed by atoms with van der Waals surface area (Å²) in [5, 5.41) is 8.27. The Balaban J connectivity index is 1.67. The van der Waals surface area contributed by atoms with E-state index in [2.05, 4.69) is 10.2 Å². The SMILES string of the molecule is Cc1ccc(-c2nnc3n2CCN(C(=O)c2ccc(F)c(F)c2F)C3C)o1. The van der Waals surface area contributed by atoms with Crippen LogP contribution in [-0.2, 0) is 6.54 Å². The average Bonchev–Trinajstić information content (AvgIpc) is 3.26. The van der Waals surface area contributed by atoms with Crippen molar-refractivity contribution in [1.82, 2.24) is 19.7 Å². The standard InChI is InChI=1S/C18H15F3N4O2/c1-9-3-6-13(27-9)17-23-22-16-10(2)24(7-8-25(16)17)18(26)11-4-5-12(19)15(21)14(11)20/h3-6,10H,7-8H2,1-2H3. The van der Waals surface area contributed by atoms with Crippen molar-refractivity contribution < 1.29 is 22.4 Å². The van der Waals surface area contributed by atoms with Gasteiger partial charge in [0.05, 0.1) is 11.6 Å². The summed E-state index contributed by atoms with van der Waals surface area (Å²) >= 11 is 0. The normalized spacial score (nSPS) is 16.5. The molecule has 0 aliphatic carbocycles. The van der Waals surface area contributed by atoms with Crippen molar-refractivity contribution in [1.29, 1.82) is 0 Å². The van der Waals surface area contributed by atoms with Crippen LogP contribution in [0.5, 0.6) is 0 Å². The number of hydrogen-bond acceptors (Lipinski definition) is 4. The second kappa shape index (κ2) is 6.26. The zero-order valence-corrected chi connectivity index (χ0v) is 14.5. The smallest absolute Gasteiger partial charge is 0.257 e. The van der Waals surface area contributed by atoms with Crippen LogP contribution in [0.2, 0.25) is 0 Å². The van der Waals surface area contributed by atoms with Crippen molar-refractivity contribution in [3.63, 3.8) is 0 Å². The van der Waals surface area contributed by atoms with Gasteiger partial charge in [-0.3, -0.25) is 4.79 Å². The second-order valence-electron chi connectivity index (χ2n) is 6.34. The van der Waals surface area contributed by atoms with Gasteiger partial charge in [0.25, 0.3) is 5.91 Å². The number of carbonyl (C=O) groups excluding carboxylic acids is 1. The lowest BCUT2D eigenvalue weighted by atomic mass is 10.1. The molecule has 1 atom stereocenters. The van der Waals surface area contributed by atoms with Crippen LogP contribution in [0.4, 0.5) is 13.2 Å². The minimum Gasteiger partial charge on any atom is -0.458 e. The highest BCUT2D eigenvalue weighted by Crippen LogP contribution is 2.30. The molecule has 0 saturated carbocycles. The van der Waals surface area contributed by atoms with Gasteiger partial charge < -0.3 is 13.9 Å². The average molecular weight is 376 g/mol. The van der Waals surface area contributed by atoms with E-state index in [1.54, 1.807) is 13.0 Å². The van der Waals surface area contributed by atoms with Gasteiger partial charge in [-0.05, 0) is 38.1 Å². The number of carbonyl (C=O) groups is 1. The molecule has 0 spiro atoms. The minimum atomic E-state index is -1.66. The molecule has 1 aliphatic heterocycles. The number of fused-ring (bicyclic) bond motifs is 1. The Morgan fingerprint density at radius 3 is 2.59 bits per heavy atom. The Morgan fingerprint density at radius 1 is 1.11 bits per heavy atom. The maximum Gasteiger partial charge on any atom is 0.257 e. The molecule has 0 saturated heterocycles. The summed E-state index contributed by atoms with van der Waals surface area (Å²) in [5.41, 5.74) is -0.518. The molecule has 0 bridgehead atoms. The van der Waals surface area contributed by atoms with E-state index in [0.29, 0.717) is 24.0 Å². The fourth-order valence-corrected chi connectivity index (χ4v) is 3.25. The molecule has 9 heteroatoms. The van der Waals surface area contributed by atoms with Gasteiger partial charge in [0.15, 0.2) is 34.9 Å². The summed E-state index contributed by atoms with van der Waals surface area (Å²) in [6.45, 7) is 4.12. The number of halogens is 3. The molecular formula is C18H15F3N4O2. The van der Waals surface area contributed by atoms with Crippen LogP contribution < -0.4 is 0 Å². The lowest BCUT2D eigenvalue weighted by Crippen LogP contribution is -2.41. The Labute approximate surface area is 152 Å². The number of aromatic nitrogens is 3. The van der Waals surface area contributed by atoms with E-state index in [0.717, 1.165) is 17.9 Å². The molecule has 6 nitrogen and oxygen atoms in total. The molecule has 0 fully saturated rings. The van der Waals surface area contributed by atoms with E-state index in [9.17, 15) is 18.0 Å². The fourth-order valence-electron chi connectivity index (χ4n) is 3.25. The maximum absolute atomic E-state index is 14.0. The molecule has 3 heterocycles. The van der Waals surface area contributed by atoms with Crippen LogP contribution >= 0.6 is 0 Å². The first-order chi connectivity index (χ1) is 12.9. The number of amides is 1. The molecule has 1 aromatic carbocycles. The van der Waals surface area contributed by atoms with Crippen molar-refractivity contribution in [3.8, 4) is 11.6 Å². The summed E-state index contributed by atoms with van der Waals surface area (Å²) in [5.74, 6) is -2.90. The first-order valence-corrected chi connectivity index (χ1v) is 8.33. The topological polar surface area (TPSA) is 64.2 Å². The summed E-state index contributed by atoms with van der Waals surface area (Å²) in [6.07, 6.45) is 0. The quantitative estimate of drug-likeness (QED) is 0.643. The molecule has 1 aliphatic rings. The van der Waals surface area contributed by atoms with E-state index in [1.165, 1.54) is 4.90 Å². The predicted molar refractivity (Wildman–Crippen MR) is 88.2 cm³/mol. The van der Waals surface area contributed by atoms with Crippen molar-refractivity contribution in [2.45, 2.75) is 26.4 Å². The number of furan rings is 1. The van der Waals surface area contributed by atoms with Gasteiger partial charge in [-0.25, -0.2) is 13.2 Å². The monoisotopic (exact) mass is 376 g/mol. The minimum absolute atomic E-state index is 0.232. The largest absolute Gasteiger partial charge is 0.458 e. The third-order valence-corrected chi connectivity index (χ3v) is 4.67. The number of aryl methyl sites for hydroxylation is 1. The molecular weight excluding hydrogens is 361 g/mol. The van der Waals surface area contributed by atoms with E-state index < -0.39 is 35.0 Å². The third kappa shape index (κ3) is 2.70. The van der Waals surface area contributed by atoms with Gasteiger partial charge in [-0.1, -0.05) is 0 Å². The Bertz CT molecular complexity index is 1040. The highest BCUT2D eigenvalue weighted by Gasteiger charge is 2.34. The predicted octanol–water partition coefficient (Wildman–Crippen LogP) is 3.48. The number of rotatable bonds is 2. The number of benzene rings is 1. The van der Waals surface area contributed by atoms with Crippen LogP contribution in [0.3, 0.4) is 0 Å². The Kier molecular flexibility index (Phi) is 4.01. The van der Waals surface area contributed by atoms with Gasteiger partial charge in [-0.2, -0.15) is 0 Å². The highest BCUT2D eigenvalue weighted by molar-refractivity contribution is 5.94. The van der Waals surface area contributed by atoms with E-state index in [1.807, 2.05) is 17.6 Å². The fraction of sp³-hybridized carbons (Fsp3) is 0.278. The molecule has 0 radical (unpaired) electrons. The zero-order chi connectivity index (χ0) is 19.3. The van der Waals surface area contributed by atoms with Crippen LogP contribution in [0.1, 0.15) is 34.9 Å². The van der Waals surface area contributed by atoms with Crippen molar-refractivity contribution in [3.05, 3.63) is 58.9 Å². The molecule has 1 unspecified atom stereocenters. The van der Waals surface area contributed by atoms with Crippen LogP contribution in [0.25, 0.3) is 11.6 Å². The Hall–Kier alpha value is -3.10. The first kappa shape index (κ1) is 17.3. The van der Waals surface area contributed by atoms with Gasteiger partial charge in [0.1, 0.15) is 5.76 Å². The van der Waals surface area contributed by atoms with Crippen LogP contribution in [0, 0.1) is 24.4 Å². The summed E-state index contributed by atoms with van der Waals surface area (Å²) in [6, 6.07) is 4.74. The van der Waals surface area contributed by atoms with E-state index >= 15 is 0 Å². The highest BCUT2D eigenvalue weighted by atomic mass is 19.2. The van der Waals surface area contributed by atoms with E-state index in [-0.39, 0.29) is 6.54 Å². The molecule has 0 N–H and O–H groups in total. The summed E-state index contributed by atoms with van der Waals surface area (Å²) < 4.78 is 48.0. The maximum atomic E-state index is 14.0. The van der Waals surface area contributed by atoms with Crippen molar-refractivity contribution in [2.24, 2.45) is 0 Å².